The molecule has 1 aliphatic carbocycles. The molecule has 4 nitrogen and oxygen atoms in total. The van der Waals surface area contributed by atoms with Gasteiger partial charge < -0.3 is 9.73 Å². The number of nitrogens with one attached hydrogen (secondary N) is 1. The Morgan fingerprint density at radius 2 is 1.95 bits per heavy atom. The van der Waals surface area contributed by atoms with E-state index in [2.05, 4.69) is 10.3 Å². The second kappa shape index (κ2) is 5.49. The van der Waals surface area contributed by atoms with E-state index in [4.69, 9.17) is 4.42 Å². The van der Waals surface area contributed by atoms with Crippen molar-refractivity contribution in [3.8, 4) is 11.5 Å². The molecule has 0 saturated heterocycles. The van der Waals surface area contributed by atoms with Crippen molar-refractivity contribution in [2.24, 2.45) is 0 Å². The lowest BCUT2D eigenvalue weighted by atomic mass is 10.1. The lowest BCUT2D eigenvalue weighted by molar-refractivity contribution is 0.0933. The molecule has 1 aromatic carbocycles. The topological polar surface area (TPSA) is 55.1 Å². The first-order valence-corrected chi connectivity index (χ1v) is 7.06. The third kappa shape index (κ3) is 2.74. The molecule has 0 bridgehead atoms. The van der Waals surface area contributed by atoms with Crippen LogP contribution in [0, 0.1) is 6.92 Å². The number of hydrogen-bond donors (Lipinski definition) is 1. The van der Waals surface area contributed by atoms with E-state index >= 15 is 0 Å². The van der Waals surface area contributed by atoms with Crippen molar-refractivity contribution in [1.29, 1.82) is 0 Å². The molecule has 2 aromatic rings. The highest BCUT2D eigenvalue weighted by atomic mass is 16.3. The summed E-state index contributed by atoms with van der Waals surface area (Å²) >= 11 is 0. The van der Waals surface area contributed by atoms with Gasteiger partial charge in [0.25, 0.3) is 5.91 Å². The summed E-state index contributed by atoms with van der Waals surface area (Å²) in [5.41, 5.74) is 2.42. The second-order valence-electron chi connectivity index (χ2n) is 5.36. The number of oxazole rings is 1. The molecule has 0 unspecified atom stereocenters. The fourth-order valence-electron chi connectivity index (χ4n) is 2.54. The molecule has 0 atom stereocenters. The van der Waals surface area contributed by atoms with E-state index in [1.165, 1.54) is 24.7 Å². The van der Waals surface area contributed by atoms with Gasteiger partial charge >= 0.3 is 0 Å². The largest absolute Gasteiger partial charge is 0.444 e. The summed E-state index contributed by atoms with van der Waals surface area (Å²) < 4.78 is 5.40. The molecule has 1 aromatic heterocycles. The Balaban J connectivity index is 1.72. The van der Waals surface area contributed by atoms with Crippen LogP contribution in [-0.2, 0) is 0 Å². The molecule has 4 heteroatoms. The molecule has 1 heterocycles. The Morgan fingerprint density at radius 1 is 1.25 bits per heavy atom. The molecule has 0 spiro atoms. The van der Waals surface area contributed by atoms with Crippen molar-refractivity contribution >= 4 is 5.91 Å². The number of aryl methyl sites for hydroxylation is 1. The first-order valence-electron chi connectivity index (χ1n) is 7.06. The van der Waals surface area contributed by atoms with Crippen molar-refractivity contribution < 1.29 is 9.21 Å². The zero-order valence-electron chi connectivity index (χ0n) is 11.6. The summed E-state index contributed by atoms with van der Waals surface area (Å²) in [5, 5.41) is 3.01. The summed E-state index contributed by atoms with van der Waals surface area (Å²) in [7, 11) is 0. The maximum atomic E-state index is 12.1. The van der Waals surface area contributed by atoms with E-state index in [1.807, 2.05) is 31.2 Å². The molecule has 20 heavy (non-hydrogen) atoms. The van der Waals surface area contributed by atoms with E-state index in [1.54, 1.807) is 0 Å². The maximum Gasteiger partial charge on any atom is 0.273 e. The minimum atomic E-state index is -0.140. The molecule has 1 aliphatic rings. The van der Waals surface area contributed by atoms with Crippen molar-refractivity contribution in [3.05, 3.63) is 41.8 Å². The van der Waals surface area contributed by atoms with Gasteiger partial charge in [-0.1, -0.05) is 30.5 Å². The molecule has 3 rings (SSSR count). The van der Waals surface area contributed by atoms with Gasteiger partial charge in [0.2, 0.25) is 5.89 Å². The standard InChI is InChI=1S/C16H18N2O2/c1-11-6-8-12(9-7-11)16-18-14(10-20-16)15(19)17-13-4-2-3-5-13/h6-10,13H,2-5H2,1H3,(H,17,19). The lowest BCUT2D eigenvalue weighted by Crippen LogP contribution is -2.32. The van der Waals surface area contributed by atoms with Crippen molar-refractivity contribution in [2.45, 2.75) is 38.6 Å². The number of aromatic nitrogens is 1. The van der Waals surface area contributed by atoms with Crippen molar-refractivity contribution in [2.75, 3.05) is 0 Å². The molecule has 1 fully saturated rings. The van der Waals surface area contributed by atoms with Gasteiger partial charge in [-0.2, -0.15) is 0 Å². The van der Waals surface area contributed by atoms with Gasteiger partial charge in [0.1, 0.15) is 6.26 Å². The fourth-order valence-corrected chi connectivity index (χ4v) is 2.54. The van der Waals surface area contributed by atoms with Gasteiger partial charge in [0.15, 0.2) is 5.69 Å². The number of carbonyl (C=O) groups excluding carboxylic acids is 1. The van der Waals surface area contributed by atoms with Gasteiger partial charge in [0.05, 0.1) is 0 Å². The SMILES string of the molecule is Cc1ccc(-c2nc(C(=O)NC3CCCC3)co2)cc1. The average Bonchev–Trinajstić information content (AvgIpc) is 3.10. The summed E-state index contributed by atoms with van der Waals surface area (Å²) in [5.74, 6) is 0.348. The summed E-state index contributed by atoms with van der Waals surface area (Å²) in [6, 6.07) is 8.18. The highest BCUT2D eigenvalue weighted by Gasteiger charge is 2.20. The minimum Gasteiger partial charge on any atom is -0.444 e. The second-order valence-corrected chi connectivity index (χ2v) is 5.36. The zero-order chi connectivity index (χ0) is 13.9. The van der Waals surface area contributed by atoms with Crippen molar-refractivity contribution in [1.82, 2.24) is 10.3 Å². The van der Waals surface area contributed by atoms with Gasteiger partial charge in [-0.05, 0) is 31.9 Å². The highest BCUT2D eigenvalue weighted by molar-refractivity contribution is 5.92. The third-order valence-corrected chi connectivity index (χ3v) is 3.73. The van der Waals surface area contributed by atoms with Gasteiger partial charge in [-0.3, -0.25) is 4.79 Å². The fraction of sp³-hybridized carbons (Fsp3) is 0.375. The number of amides is 1. The zero-order valence-corrected chi connectivity index (χ0v) is 11.6. The predicted molar refractivity (Wildman–Crippen MR) is 76.4 cm³/mol. The summed E-state index contributed by atoms with van der Waals surface area (Å²) in [4.78, 5) is 16.3. The lowest BCUT2D eigenvalue weighted by Gasteiger charge is -2.09. The average molecular weight is 270 g/mol. The van der Waals surface area contributed by atoms with E-state index in [-0.39, 0.29) is 5.91 Å². The Kier molecular flexibility index (Phi) is 3.54. The monoisotopic (exact) mass is 270 g/mol. The van der Waals surface area contributed by atoms with Crippen LogP contribution in [0.1, 0.15) is 41.7 Å². The third-order valence-electron chi connectivity index (χ3n) is 3.73. The van der Waals surface area contributed by atoms with Gasteiger partial charge in [-0.15, -0.1) is 0 Å². The number of rotatable bonds is 3. The van der Waals surface area contributed by atoms with Gasteiger partial charge in [0, 0.05) is 11.6 Å². The predicted octanol–water partition coefficient (Wildman–Crippen LogP) is 3.32. The molecule has 1 amide bonds. The molecule has 0 radical (unpaired) electrons. The molecular formula is C16H18N2O2. The molecule has 104 valence electrons. The first kappa shape index (κ1) is 12.9. The van der Waals surface area contributed by atoms with Crippen LogP contribution in [0.5, 0.6) is 0 Å². The quantitative estimate of drug-likeness (QED) is 0.930. The number of hydrogen-bond acceptors (Lipinski definition) is 3. The molecule has 0 aliphatic heterocycles. The number of nitrogens with zero attached hydrogens (tertiary/aromatic N) is 1. The first-order chi connectivity index (χ1) is 9.72. The number of benzene rings is 1. The minimum absolute atomic E-state index is 0.140. The molecular weight excluding hydrogens is 252 g/mol. The van der Waals surface area contributed by atoms with Crippen LogP contribution in [-0.4, -0.2) is 16.9 Å². The number of carbonyl (C=O) groups is 1. The Hall–Kier alpha value is -2.10. The smallest absolute Gasteiger partial charge is 0.273 e. The van der Waals surface area contributed by atoms with Crippen LogP contribution in [0.3, 0.4) is 0 Å². The Labute approximate surface area is 118 Å². The maximum absolute atomic E-state index is 12.1. The van der Waals surface area contributed by atoms with Crippen molar-refractivity contribution in [3.63, 3.8) is 0 Å². The summed E-state index contributed by atoms with van der Waals surface area (Å²) in [6.07, 6.45) is 5.94. The van der Waals surface area contributed by atoms with E-state index in [0.717, 1.165) is 18.4 Å². The van der Waals surface area contributed by atoms with Crippen LogP contribution < -0.4 is 5.32 Å². The summed E-state index contributed by atoms with van der Waals surface area (Å²) in [6.45, 7) is 2.03. The molecule has 1 N–H and O–H groups in total. The van der Waals surface area contributed by atoms with Gasteiger partial charge in [-0.25, -0.2) is 4.98 Å². The van der Waals surface area contributed by atoms with E-state index in [9.17, 15) is 4.79 Å². The van der Waals surface area contributed by atoms with Crippen LogP contribution in [0.4, 0.5) is 0 Å². The van der Waals surface area contributed by atoms with Crippen LogP contribution in [0.25, 0.3) is 11.5 Å². The van der Waals surface area contributed by atoms with E-state index in [0.29, 0.717) is 17.6 Å². The van der Waals surface area contributed by atoms with Crippen LogP contribution in [0.2, 0.25) is 0 Å². The Bertz CT molecular complexity index is 595. The highest BCUT2D eigenvalue weighted by Crippen LogP contribution is 2.20. The normalized spacial score (nSPS) is 15.4. The van der Waals surface area contributed by atoms with Crippen LogP contribution >= 0.6 is 0 Å². The Morgan fingerprint density at radius 3 is 2.65 bits per heavy atom. The van der Waals surface area contributed by atoms with E-state index < -0.39 is 0 Å². The van der Waals surface area contributed by atoms with Crippen LogP contribution in [0.15, 0.2) is 34.9 Å². The molecule has 1 saturated carbocycles.